The zero-order chi connectivity index (χ0) is 15.2. The number of carboxylic acids is 1. The first-order valence-electron chi connectivity index (χ1n) is 6.43. The zero-order valence-electron chi connectivity index (χ0n) is 10.9. The molecule has 2 aromatic carbocycles. The van der Waals surface area contributed by atoms with Crippen LogP contribution in [-0.2, 0) is 10.2 Å². The van der Waals surface area contributed by atoms with Crippen LogP contribution in [0.25, 0.3) is 11.1 Å². The molecular formula is C16H11BrF2O2. The second-order valence-corrected chi connectivity index (χ2v) is 6.07. The molecule has 0 radical (unpaired) electrons. The van der Waals surface area contributed by atoms with Crippen molar-refractivity contribution in [2.45, 2.75) is 18.3 Å². The van der Waals surface area contributed by atoms with E-state index < -0.39 is 23.0 Å². The largest absolute Gasteiger partial charge is 0.481 e. The molecule has 2 aromatic rings. The fourth-order valence-corrected chi connectivity index (χ4v) is 2.71. The first-order valence-corrected chi connectivity index (χ1v) is 7.22. The highest BCUT2D eigenvalue weighted by Gasteiger charge is 2.51. The van der Waals surface area contributed by atoms with Gasteiger partial charge in [-0.2, -0.15) is 0 Å². The molecule has 0 saturated heterocycles. The molecule has 0 spiro atoms. The van der Waals surface area contributed by atoms with Gasteiger partial charge in [0.15, 0.2) is 0 Å². The van der Waals surface area contributed by atoms with Crippen molar-refractivity contribution in [2.24, 2.45) is 0 Å². The van der Waals surface area contributed by atoms with Gasteiger partial charge in [0.1, 0.15) is 11.6 Å². The average Bonchev–Trinajstić information content (AvgIpc) is 3.23. The van der Waals surface area contributed by atoms with Crippen LogP contribution in [0.2, 0.25) is 0 Å². The fraction of sp³-hybridized carbons (Fsp3) is 0.188. The van der Waals surface area contributed by atoms with E-state index in [0.717, 1.165) is 0 Å². The number of halogens is 3. The Balaban J connectivity index is 2.02. The van der Waals surface area contributed by atoms with Gasteiger partial charge in [-0.25, -0.2) is 8.78 Å². The summed E-state index contributed by atoms with van der Waals surface area (Å²) in [4.78, 5) is 11.3. The highest BCUT2D eigenvalue weighted by molar-refractivity contribution is 9.10. The van der Waals surface area contributed by atoms with Gasteiger partial charge in [0, 0.05) is 5.56 Å². The first kappa shape index (κ1) is 14.2. The molecule has 3 rings (SSSR count). The highest BCUT2D eigenvalue weighted by Crippen LogP contribution is 2.49. The predicted molar refractivity (Wildman–Crippen MR) is 78.0 cm³/mol. The molecule has 0 amide bonds. The molecule has 0 bridgehead atoms. The van der Waals surface area contributed by atoms with E-state index in [4.69, 9.17) is 0 Å². The number of hydrogen-bond donors (Lipinski definition) is 1. The van der Waals surface area contributed by atoms with Crippen LogP contribution in [0.3, 0.4) is 0 Å². The minimum atomic E-state index is -0.940. The molecular weight excluding hydrogens is 342 g/mol. The minimum absolute atomic E-state index is 0.256. The Morgan fingerprint density at radius 2 is 1.81 bits per heavy atom. The van der Waals surface area contributed by atoms with Crippen LogP contribution < -0.4 is 0 Å². The SMILES string of the molecule is O=C(O)C1(c2ccc(-c3ccc(Br)c(F)c3)c(F)c2)CC1. The average molecular weight is 353 g/mol. The van der Waals surface area contributed by atoms with Gasteiger partial charge in [-0.15, -0.1) is 0 Å². The van der Waals surface area contributed by atoms with Gasteiger partial charge in [0.05, 0.1) is 9.89 Å². The van der Waals surface area contributed by atoms with Crippen molar-refractivity contribution in [3.05, 3.63) is 58.1 Å². The molecule has 1 saturated carbocycles. The number of benzene rings is 2. The van der Waals surface area contributed by atoms with E-state index in [0.29, 0.717) is 28.4 Å². The third-order valence-corrected chi connectivity index (χ3v) is 4.55. The van der Waals surface area contributed by atoms with Crippen molar-refractivity contribution in [3.63, 3.8) is 0 Å². The Morgan fingerprint density at radius 1 is 1.10 bits per heavy atom. The Kier molecular flexibility index (Phi) is 3.32. The molecule has 1 aliphatic carbocycles. The summed E-state index contributed by atoms with van der Waals surface area (Å²) in [6.45, 7) is 0. The standard InChI is InChI=1S/C16H11BrF2O2/c17-12-4-1-9(7-14(12)19)11-3-2-10(8-13(11)18)16(5-6-16)15(20)21/h1-4,7-8H,5-6H2,(H,20,21). The summed E-state index contributed by atoms with van der Waals surface area (Å²) in [6.07, 6.45) is 1.04. The van der Waals surface area contributed by atoms with Crippen molar-refractivity contribution in [1.29, 1.82) is 0 Å². The molecule has 0 aromatic heterocycles. The Bertz CT molecular complexity index is 739. The van der Waals surface area contributed by atoms with Crippen LogP contribution in [0, 0.1) is 11.6 Å². The van der Waals surface area contributed by atoms with E-state index >= 15 is 0 Å². The van der Waals surface area contributed by atoms with Crippen LogP contribution in [0.5, 0.6) is 0 Å². The van der Waals surface area contributed by atoms with Crippen LogP contribution >= 0.6 is 15.9 Å². The first-order chi connectivity index (χ1) is 9.94. The van der Waals surface area contributed by atoms with Gasteiger partial charge in [-0.1, -0.05) is 18.2 Å². The van der Waals surface area contributed by atoms with Crippen molar-refractivity contribution in [3.8, 4) is 11.1 Å². The van der Waals surface area contributed by atoms with Crippen LogP contribution in [0.4, 0.5) is 8.78 Å². The highest BCUT2D eigenvalue weighted by atomic mass is 79.9. The summed E-state index contributed by atoms with van der Waals surface area (Å²) in [5.74, 6) is -1.94. The number of carboxylic acid groups (broad SMARTS) is 1. The molecule has 5 heteroatoms. The minimum Gasteiger partial charge on any atom is -0.481 e. The van der Waals surface area contributed by atoms with Gasteiger partial charge in [0.25, 0.3) is 0 Å². The lowest BCUT2D eigenvalue weighted by Gasteiger charge is -2.12. The maximum absolute atomic E-state index is 14.3. The normalized spacial score (nSPS) is 15.8. The van der Waals surface area contributed by atoms with Gasteiger partial charge >= 0.3 is 5.97 Å². The van der Waals surface area contributed by atoms with Crippen molar-refractivity contribution < 1.29 is 18.7 Å². The summed E-state index contributed by atoms with van der Waals surface area (Å²) < 4.78 is 28.1. The fourth-order valence-electron chi connectivity index (χ4n) is 2.46. The Labute approximate surface area is 128 Å². The zero-order valence-corrected chi connectivity index (χ0v) is 12.5. The van der Waals surface area contributed by atoms with Crippen molar-refractivity contribution in [2.75, 3.05) is 0 Å². The quantitative estimate of drug-likeness (QED) is 0.882. The van der Waals surface area contributed by atoms with Gasteiger partial charge in [-0.3, -0.25) is 4.79 Å². The molecule has 1 N–H and O–H groups in total. The van der Waals surface area contributed by atoms with Crippen LogP contribution in [-0.4, -0.2) is 11.1 Å². The van der Waals surface area contributed by atoms with Crippen molar-refractivity contribution in [1.82, 2.24) is 0 Å². The van der Waals surface area contributed by atoms with Crippen molar-refractivity contribution >= 4 is 21.9 Å². The maximum atomic E-state index is 14.3. The summed E-state index contributed by atoms with van der Waals surface area (Å²) in [5, 5.41) is 9.22. The van der Waals surface area contributed by atoms with E-state index in [-0.39, 0.29) is 5.56 Å². The molecule has 1 fully saturated rings. The maximum Gasteiger partial charge on any atom is 0.314 e. The second-order valence-electron chi connectivity index (χ2n) is 5.21. The lowest BCUT2D eigenvalue weighted by molar-refractivity contribution is -0.140. The summed E-state index contributed by atoms with van der Waals surface area (Å²) in [5.41, 5.74) is 0.199. The topological polar surface area (TPSA) is 37.3 Å². The molecule has 108 valence electrons. The van der Waals surface area contributed by atoms with E-state index in [1.807, 2.05) is 0 Å². The van der Waals surface area contributed by atoms with E-state index in [2.05, 4.69) is 15.9 Å². The molecule has 0 heterocycles. The van der Waals surface area contributed by atoms with E-state index in [9.17, 15) is 18.7 Å². The molecule has 0 unspecified atom stereocenters. The monoisotopic (exact) mass is 352 g/mol. The third-order valence-electron chi connectivity index (χ3n) is 3.91. The number of rotatable bonds is 3. The van der Waals surface area contributed by atoms with Gasteiger partial charge in [-0.05, 0) is 58.1 Å². The summed E-state index contributed by atoms with van der Waals surface area (Å²) in [7, 11) is 0. The smallest absolute Gasteiger partial charge is 0.314 e. The molecule has 2 nitrogen and oxygen atoms in total. The number of carbonyl (C=O) groups is 1. The van der Waals surface area contributed by atoms with Gasteiger partial charge in [0.2, 0.25) is 0 Å². The lowest BCUT2D eigenvalue weighted by Crippen LogP contribution is -2.19. The molecule has 0 atom stereocenters. The van der Waals surface area contributed by atoms with Crippen LogP contribution in [0.1, 0.15) is 18.4 Å². The summed E-state index contributed by atoms with van der Waals surface area (Å²) in [6, 6.07) is 8.73. The molecule has 1 aliphatic rings. The summed E-state index contributed by atoms with van der Waals surface area (Å²) >= 11 is 3.05. The third kappa shape index (κ3) is 2.35. The molecule has 0 aliphatic heterocycles. The second kappa shape index (κ2) is 4.91. The molecule has 21 heavy (non-hydrogen) atoms. The predicted octanol–water partition coefficient (Wildman–Crippen LogP) is 4.51. The lowest BCUT2D eigenvalue weighted by atomic mass is 9.93. The number of aliphatic carboxylic acids is 1. The van der Waals surface area contributed by atoms with E-state index in [1.165, 1.54) is 24.3 Å². The Morgan fingerprint density at radius 3 is 2.33 bits per heavy atom. The number of hydrogen-bond acceptors (Lipinski definition) is 1. The van der Waals surface area contributed by atoms with Gasteiger partial charge < -0.3 is 5.11 Å². The van der Waals surface area contributed by atoms with E-state index in [1.54, 1.807) is 12.1 Å². The Hall–Kier alpha value is -1.75. The van der Waals surface area contributed by atoms with Crippen LogP contribution in [0.15, 0.2) is 40.9 Å².